The Labute approximate surface area is 77.1 Å². The number of allylic oxidation sites excluding steroid dienone is 2. The van der Waals surface area contributed by atoms with Gasteiger partial charge in [0.2, 0.25) is 0 Å². The number of rotatable bonds is 2. The Balaban J connectivity index is 2.47. The van der Waals surface area contributed by atoms with Crippen LogP contribution in [-0.4, -0.2) is 0 Å². The standard InChI is InChI=1S/C12H22/c1-9(2)11-5-7-12(8-6-11)10(3)4/h5,9-10,12H,6-8H2,1-4H3. The maximum absolute atomic E-state index is 2.48. The van der Waals surface area contributed by atoms with Gasteiger partial charge >= 0.3 is 0 Å². The minimum absolute atomic E-state index is 0.776. The van der Waals surface area contributed by atoms with Crippen LogP contribution >= 0.6 is 0 Å². The minimum atomic E-state index is 0.776. The molecular weight excluding hydrogens is 144 g/mol. The molecule has 0 aliphatic heterocycles. The van der Waals surface area contributed by atoms with Crippen LogP contribution in [0.5, 0.6) is 0 Å². The second kappa shape index (κ2) is 4.11. The zero-order valence-corrected chi connectivity index (χ0v) is 8.93. The highest BCUT2D eigenvalue weighted by Crippen LogP contribution is 2.31. The zero-order valence-electron chi connectivity index (χ0n) is 8.93. The molecule has 0 aromatic rings. The van der Waals surface area contributed by atoms with E-state index in [1.165, 1.54) is 19.3 Å². The van der Waals surface area contributed by atoms with Gasteiger partial charge in [-0.15, -0.1) is 0 Å². The summed E-state index contributed by atoms with van der Waals surface area (Å²) >= 11 is 0. The van der Waals surface area contributed by atoms with Crippen molar-refractivity contribution in [3.63, 3.8) is 0 Å². The molecule has 1 atom stereocenters. The maximum atomic E-state index is 2.48. The Morgan fingerprint density at radius 2 is 1.92 bits per heavy atom. The van der Waals surface area contributed by atoms with Crippen LogP contribution in [-0.2, 0) is 0 Å². The average Bonchev–Trinajstić information content (AvgIpc) is 2.04. The second-order valence-corrected chi connectivity index (χ2v) is 4.71. The predicted molar refractivity (Wildman–Crippen MR) is 55.1 cm³/mol. The summed E-state index contributed by atoms with van der Waals surface area (Å²) in [5.74, 6) is 2.60. The Hall–Kier alpha value is -0.260. The lowest BCUT2D eigenvalue weighted by atomic mass is 9.80. The fraction of sp³-hybridized carbons (Fsp3) is 0.833. The van der Waals surface area contributed by atoms with Crippen molar-refractivity contribution in [2.45, 2.75) is 47.0 Å². The Bertz CT molecular complexity index is 163. The van der Waals surface area contributed by atoms with Gasteiger partial charge in [0.05, 0.1) is 0 Å². The lowest BCUT2D eigenvalue weighted by Crippen LogP contribution is -2.13. The fourth-order valence-corrected chi connectivity index (χ4v) is 2.00. The second-order valence-electron chi connectivity index (χ2n) is 4.71. The molecule has 1 unspecified atom stereocenters. The molecule has 0 heteroatoms. The van der Waals surface area contributed by atoms with Crippen LogP contribution in [0, 0.1) is 17.8 Å². The molecule has 0 radical (unpaired) electrons. The first-order valence-corrected chi connectivity index (χ1v) is 5.30. The highest BCUT2D eigenvalue weighted by molar-refractivity contribution is 5.08. The average molecular weight is 166 g/mol. The molecule has 0 saturated heterocycles. The topological polar surface area (TPSA) is 0 Å². The third-order valence-electron chi connectivity index (χ3n) is 3.17. The molecule has 0 heterocycles. The largest absolute Gasteiger partial charge is 0.0848 e. The summed E-state index contributed by atoms with van der Waals surface area (Å²) in [7, 11) is 0. The highest BCUT2D eigenvalue weighted by Gasteiger charge is 2.18. The van der Waals surface area contributed by atoms with Gasteiger partial charge in [-0.1, -0.05) is 39.3 Å². The summed E-state index contributed by atoms with van der Waals surface area (Å²) in [6, 6.07) is 0. The van der Waals surface area contributed by atoms with Crippen LogP contribution in [0.2, 0.25) is 0 Å². The van der Waals surface area contributed by atoms with E-state index in [4.69, 9.17) is 0 Å². The molecule has 0 bridgehead atoms. The van der Waals surface area contributed by atoms with Crippen molar-refractivity contribution >= 4 is 0 Å². The quantitative estimate of drug-likeness (QED) is 0.543. The minimum Gasteiger partial charge on any atom is -0.0848 e. The Morgan fingerprint density at radius 1 is 1.25 bits per heavy atom. The van der Waals surface area contributed by atoms with Crippen LogP contribution in [0.4, 0.5) is 0 Å². The predicted octanol–water partition coefficient (Wildman–Crippen LogP) is 4.02. The molecule has 0 spiro atoms. The van der Waals surface area contributed by atoms with Crippen molar-refractivity contribution < 1.29 is 0 Å². The third kappa shape index (κ3) is 2.36. The normalized spacial score (nSPS) is 24.8. The van der Waals surface area contributed by atoms with E-state index in [-0.39, 0.29) is 0 Å². The van der Waals surface area contributed by atoms with Gasteiger partial charge < -0.3 is 0 Å². The van der Waals surface area contributed by atoms with Crippen molar-refractivity contribution in [2.24, 2.45) is 17.8 Å². The van der Waals surface area contributed by atoms with Gasteiger partial charge in [0, 0.05) is 0 Å². The first kappa shape index (κ1) is 9.83. The summed E-state index contributed by atoms with van der Waals surface area (Å²) in [5, 5.41) is 0. The molecule has 1 aliphatic rings. The van der Waals surface area contributed by atoms with E-state index in [9.17, 15) is 0 Å². The van der Waals surface area contributed by atoms with Crippen molar-refractivity contribution in [1.82, 2.24) is 0 Å². The van der Waals surface area contributed by atoms with E-state index in [1.54, 1.807) is 5.57 Å². The first-order valence-electron chi connectivity index (χ1n) is 5.30. The molecular formula is C12H22. The lowest BCUT2D eigenvalue weighted by Gasteiger charge is -2.26. The van der Waals surface area contributed by atoms with Gasteiger partial charge in [-0.25, -0.2) is 0 Å². The first-order chi connectivity index (χ1) is 5.61. The number of hydrogen-bond donors (Lipinski definition) is 0. The molecule has 12 heavy (non-hydrogen) atoms. The summed E-state index contributed by atoms with van der Waals surface area (Å²) in [4.78, 5) is 0. The smallest absolute Gasteiger partial charge is 0.0260 e. The van der Waals surface area contributed by atoms with Crippen molar-refractivity contribution in [3.05, 3.63) is 11.6 Å². The van der Waals surface area contributed by atoms with Gasteiger partial charge in [-0.3, -0.25) is 0 Å². The molecule has 0 N–H and O–H groups in total. The summed E-state index contributed by atoms with van der Waals surface area (Å²) in [6.45, 7) is 9.31. The Morgan fingerprint density at radius 3 is 2.25 bits per heavy atom. The maximum Gasteiger partial charge on any atom is -0.0260 e. The lowest BCUT2D eigenvalue weighted by molar-refractivity contribution is 0.344. The van der Waals surface area contributed by atoms with E-state index in [1.807, 2.05) is 0 Å². The van der Waals surface area contributed by atoms with E-state index >= 15 is 0 Å². The van der Waals surface area contributed by atoms with Gasteiger partial charge in [-0.05, 0) is 37.0 Å². The van der Waals surface area contributed by atoms with Crippen LogP contribution in [0.25, 0.3) is 0 Å². The van der Waals surface area contributed by atoms with Crippen molar-refractivity contribution in [3.8, 4) is 0 Å². The van der Waals surface area contributed by atoms with Crippen LogP contribution < -0.4 is 0 Å². The van der Waals surface area contributed by atoms with E-state index in [0.29, 0.717) is 0 Å². The number of hydrogen-bond acceptors (Lipinski definition) is 0. The van der Waals surface area contributed by atoms with Gasteiger partial charge in [0.1, 0.15) is 0 Å². The fourth-order valence-electron chi connectivity index (χ4n) is 2.00. The van der Waals surface area contributed by atoms with Gasteiger partial charge in [0.15, 0.2) is 0 Å². The molecule has 0 aromatic heterocycles. The Kier molecular flexibility index (Phi) is 3.37. The van der Waals surface area contributed by atoms with Crippen LogP contribution in [0.15, 0.2) is 11.6 Å². The molecule has 0 saturated carbocycles. The molecule has 0 fully saturated rings. The molecule has 1 rings (SSSR count). The van der Waals surface area contributed by atoms with E-state index < -0.39 is 0 Å². The summed E-state index contributed by atoms with van der Waals surface area (Å²) in [6.07, 6.45) is 6.58. The van der Waals surface area contributed by atoms with Crippen molar-refractivity contribution in [1.29, 1.82) is 0 Å². The molecule has 0 nitrogen and oxygen atoms in total. The van der Waals surface area contributed by atoms with Crippen molar-refractivity contribution in [2.75, 3.05) is 0 Å². The monoisotopic (exact) mass is 166 g/mol. The highest BCUT2D eigenvalue weighted by atomic mass is 14.2. The molecule has 0 aromatic carbocycles. The third-order valence-corrected chi connectivity index (χ3v) is 3.17. The van der Waals surface area contributed by atoms with Gasteiger partial charge in [0.25, 0.3) is 0 Å². The molecule has 1 aliphatic carbocycles. The summed E-state index contributed by atoms with van der Waals surface area (Å²) in [5.41, 5.74) is 1.69. The zero-order chi connectivity index (χ0) is 9.14. The molecule has 70 valence electrons. The summed E-state index contributed by atoms with van der Waals surface area (Å²) < 4.78 is 0. The van der Waals surface area contributed by atoms with Crippen LogP contribution in [0.1, 0.15) is 47.0 Å². The van der Waals surface area contributed by atoms with Gasteiger partial charge in [-0.2, -0.15) is 0 Å². The van der Waals surface area contributed by atoms with E-state index in [2.05, 4.69) is 33.8 Å². The SMILES string of the molecule is CC(C)C1=CCC(C(C)C)CC1. The molecule has 0 amide bonds. The van der Waals surface area contributed by atoms with E-state index in [0.717, 1.165) is 17.8 Å². The van der Waals surface area contributed by atoms with Crippen LogP contribution in [0.3, 0.4) is 0 Å².